The van der Waals surface area contributed by atoms with Crippen LogP contribution in [0.5, 0.6) is 0 Å². The molecule has 2 aliphatic heterocycles. The Morgan fingerprint density at radius 1 is 1.00 bits per heavy atom. The van der Waals surface area contributed by atoms with Crippen LogP contribution in [0.4, 0.5) is 10.5 Å². The number of carbonyl (C=O) groups excluding carboxylic acids is 2. The summed E-state index contributed by atoms with van der Waals surface area (Å²) in [6, 6.07) is 21.4. The molecular weight excluding hydrogens is 488 g/mol. The normalized spacial score (nSPS) is 16.5. The van der Waals surface area contributed by atoms with Crippen LogP contribution in [0.2, 0.25) is 5.02 Å². The van der Waals surface area contributed by atoms with Crippen molar-refractivity contribution in [2.45, 2.75) is 38.3 Å². The van der Waals surface area contributed by atoms with Crippen LogP contribution in [0.15, 0.2) is 66.7 Å². The maximum atomic E-state index is 13.2. The molecule has 7 heteroatoms. The summed E-state index contributed by atoms with van der Waals surface area (Å²) in [5.41, 5.74) is 5.81. The molecule has 0 atom stereocenters. The third-order valence-corrected chi connectivity index (χ3v) is 7.97. The first-order chi connectivity index (χ1) is 17.9. The number of likely N-dealkylation sites (tertiary alicyclic amines) is 1. The number of hydrogen-bond donors (Lipinski definition) is 0. The molecule has 0 bridgehead atoms. The maximum absolute atomic E-state index is 13.2. The predicted octanol–water partition coefficient (Wildman–Crippen LogP) is 6.13. The third kappa shape index (κ3) is 5.22. The van der Waals surface area contributed by atoms with E-state index in [1.54, 1.807) is 11.0 Å². The molecule has 3 aromatic carbocycles. The van der Waals surface area contributed by atoms with Crippen LogP contribution in [-0.2, 0) is 28.0 Å². The van der Waals surface area contributed by atoms with Gasteiger partial charge >= 0.3 is 12.1 Å². The topological polar surface area (TPSA) is 59.1 Å². The summed E-state index contributed by atoms with van der Waals surface area (Å²) < 4.78 is 10.5. The van der Waals surface area contributed by atoms with Gasteiger partial charge in [-0.2, -0.15) is 0 Å². The van der Waals surface area contributed by atoms with E-state index in [0.29, 0.717) is 17.1 Å². The second-order valence-corrected chi connectivity index (χ2v) is 10.4. The number of aryl methyl sites for hydroxylation is 1. The molecule has 1 amide bonds. The summed E-state index contributed by atoms with van der Waals surface area (Å²) in [6.07, 6.45) is 1.57. The summed E-state index contributed by atoms with van der Waals surface area (Å²) in [6.45, 7) is 5.53. The fraction of sp³-hybridized carbons (Fsp3) is 0.333. The van der Waals surface area contributed by atoms with Crippen molar-refractivity contribution in [2.24, 2.45) is 0 Å². The number of ether oxygens (including phenoxy) is 2. The average Bonchev–Trinajstić information content (AvgIpc) is 3.22. The van der Waals surface area contributed by atoms with E-state index in [0.717, 1.165) is 49.3 Å². The molecule has 2 aliphatic rings. The molecular formula is C30H31ClN2O4. The number of halogens is 1. The second kappa shape index (κ2) is 10.6. The van der Waals surface area contributed by atoms with Crippen molar-refractivity contribution in [3.05, 3.63) is 99.6 Å². The number of anilines is 1. The van der Waals surface area contributed by atoms with E-state index in [1.807, 2.05) is 48.5 Å². The second-order valence-electron chi connectivity index (χ2n) is 10.00. The van der Waals surface area contributed by atoms with E-state index in [-0.39, 0.29) is 24.1 Å². The zero-order valence-corrected chi connectivity index (χ0v) is 22.0. The molecule has 2 heterocycles. The number of nitrogens with zero attached hydrogens (tertiary/aromatic N) is 2. The predicted molar refractivity (Wildman–Crippen MR) is 144 cm³/mol. The Balaban J connectivity index is 1.27. The van der Waals surface area contributed by atoms with Gasteiger partial charge < -0.3 is 9.47 Å². The zero-order valence-electron chi connectivity index (χ0n) is 21.2. The standard InChI is InChI=1S/C30H31ClN2O4/c1-21-7-12-27-25(17-21)30(20-33(27)29(35)37-19-24-5-3-4-6-26(24)31)13-15-32(16-14-30)18-22-8-10-23(11-9-22)28(34)36-2/h3-12,17H,13-16,18-20H2,1-2H3. The number of amides is 1. The van der Waals surface area contributed by atoms with Crippen molar-refractivity contribution in [3.8, 4) is 0 Å². The number of piperidine rings is 1. The first-order valence-electron chi connectivity index (χ1n) is 12.6. The van der Waals surface area contributed by atoms with Crippen molar-refractivity contribution in [2.75, 3.05) is 31.6 Å². The Morgan fingerprint density at radius 3 is 2.43 bits per heavy atom. The monoisotopic (exact) mass is 518 g/mol. The molecule has 192 valence electrons. The van der Waals surface area contributed by atoms with Crippen LogP contribution < -0.4 is 4.90 Å². The molecule has 0 N–H and O–H groups in total. The zero-order chi connectivity index (χ0) is 26.0. The lowest BCUT2D eigenvalue weighted by atomic mass is 9.74. The molecule has 0 saturated carbocycles. The number of benzene rings is 3. The molecule has 37 heavy (non-hydrogen) atoms. The van der Waals surface area contributed by atoms with Gasteiger partial charge in [-0.25, -0.2) is 9.59 Å². The van der Waals surface area contributed by atoms with E-state index in [2.05, 4.69) is 24.0 Å². The van der Waals surface area contributed by atoms with Crippen LogP contribution in [0.3, 0.4) is 0 Å². The highest BCUT2D eigenvalue weighted by Crippen LogP contribution is 2.47. The summed E-state index contributed by atoms with van der Waals surface area (Å²) in [7, 11) is 1.39. The molecule has 0 aliphatic carbocycles. The highest BCUT2D eigenvalue weighted by atomic mass is 35.5. The minimum absolute atomic E-state index is 0.0873. The Morgan fingerprint density at radius 2 is 1.73 bits per heavy atom. The molecule has 5 rings (SSSR count). The van der Waals surface area contributed by atoms with Gasteiger partial charge in [-0.1, -0.05) is 59.6 Å². The van der Waals surface area contributed by atoms with E-state index in [1.165, 1.54) is 18.2 Å². The number of hydrogen-bond acceptors (Lipinski definition) is 5. The van der Waals surface area contributed by atoms with Crippen LogP contribution in [0.25, 0.3) is 0 Å². The van der Waals surface area contributed by atoms with E-state index in [4.69, 9.17) is 21.1 Å². The maximum Gasteiger partial charge on any atom is 0.414 e. The van der Waals surface area contributed by atoms with Crippen LogP contribution >= 0.6 is 11.6 Å². The van der Waals surface area contributed by atoms with Gasteiger partial charge in [0.15, 0.2) is 0 Å². The molecule has 3 aromatic rings. The Bertz CT molecular complexity index is 1300. The smallest absolute Gasteiger partial charge is 0.414 e. The van der Waals surface area contributed by atoms with Gasteiger partial charge in [0.2, 0.25) is 0 Å². The van der Waals surface area contributed by atoms with Crippen molar-refractivity contribution in [1.29, 1.82) is 0 Å². The van der Waals surface area contributed by atoms with Crippen LogP contribution in [0.1, 0.15) is 45.5 Å². The van der Waals surface area contributed by atoms with Crippen molar-refractivity contribution >= 4 is 29.4 Å². The summed E-state index contributed by atoms with van der Waals surface area (Å²) in [5.74, 6) is -0.323. The van der Waals surface area contributed by atoms with Gasteiger partial charge in [0, 0.05) is 29.1 Å². The number of esters is 1. The van der Waals surface area contributed by atoms with E-state index >= 15 is 0 Å². The van der Waals surface area contributed by atoms with E-state index < -0.39 is 0 Å². The van der Waals surface area contributed by atoms with Gasteiger partial charge in [-0.3, -0.25) is 9.80 Å². The van der Waals surface area contributed by atoms with Crippen LogP contribution in [-0.4, -0.2) is 43.7 Å². The average molecular weight is 519 g/mol. The number of methoxy groups -OCH3 is 1. The number of fused-ring (bicyclic) bond motifs is 2. The highest BCUT2D eigenvalue weighted by molar-refractivity contribution is 6.31. The number of rotatable bonds is 5. The molecule has 1 saturated heterocycles. The third-order valence-electron chi connectivity index (χ3n) is 7.60. The fourth-order valence-electron chi connectivity index (χ4n) is 5.47. The van der Waals surface area contributed by atoms with Crippen molar-refractivity contribution < 1.29 is 19.1 Å². The number of carbonyl (C=O) groups is 2. The first-order valence-corrected chi connectivity index (χ1v) is 12.9. The molecule has 1 fully saturated rings. The van der Waals surface area contributed by atoms with Crippen LogP contribution in [0, 0.1) is 6.92 Å². The highest BCUT2D eigenvalue weighted by Gasteiger charge is 2.46. The quantitative estimate of drug-likeness (QED) is 0.380. The Kier molecular flexibility index (Phi) is 7.22. The first kappa shape index (κ1) is 25.3. The van der Waals surface area contributed by atoms with Gasteiger partial charge in [-0.15, -0.1) is 0 Å². The summed E-state index contributed by atoms with van der Waals surface area (Å²) in [5, 5.41) is 0.594. The molecule has 0 unspecified atom stereocenters. The fourth-order valence-corrected chi connectivity index (χ4v) is 5.66. The summed E-state index contributed by atoms with van der Waals surface area (Å²) >= 11 is 6.25. The minimum atomic E-state index is -0.338. The van der Waals surface area contributed by atoms with E-state index in [9.17, 15) is 9.59 Å². The van der Waals surface area contributed by atoms with Crippen molar-refractivity contribution in [1.82, 2.24) is 4.90 Å². The van der Waals surface area contributed by atoms with Gasteiger partial charge in [-0.05, 0) is 68.2 Å². The Hall–Kier alpha value is -3.35. The van der Waals surface area contributed by atoms with Crippen molar-refractivity contribution in [3.63, 3.8) is 0 Å². The van der Waals surface area contributed by atoms with Gasteiger partial charge in [0.25, 0.3) is 0 Å². The minimum Gasteiger partial charge on any atom is -0.465 e. The molecule has 6 nitrogen and oxygen atoms in total. The SMILES string of the molecule is COC(=O)c1ccc(CN2CCC3(CC2)CN(C(=O)OCc2ccccc2Cl)c2ccc(C)cc23)cc1. The lowest BCUT2D eigenvalue weighted by molar-refractivity contribution is 0.0600. The Labute approximate surface area is 222 Å². The molecule has 0 radical (unpaired) electrons. The summed E-state index contributed by atoms with van der Waals surface area (Å²) in [4.78, 5) is 29.2. The molecule has 0 aromatic heterocycles. The molecule has 1 spiro atoms. The largest absolute Gasteiger partial charge is 0.465 e. The lowest BCUT2D eigenvalue weighted by Crippen LogP contribution is -2.45. The lowest BCUT2D eigenvalue weighted by Gasteiger charge is -2.40. The van der Waals surface area contributed by atoms with Gasteiger partial charge in [0.1, 0.15) is 6.61 Å². The van der Waals surface area contributed by atoms with Gasteiger partial charge in [0.05, 0.1) is 18.4 Å².